The Morgan fingerprint density at radius 3 is 2.21 bits per heavy atom. The average Bonchev–Trinajstić information content (AvgIpc) is 3.69. The molecule has 252 valence electrons. The highest BCUT2D eigenvalue weighted by atomic mass is 32.2. The van der Waals surface area contributed by atoms with Gasteiger partial charge in [-0.1, -0.05) is 42.5 Å². The number of nitrogens with two attached hydrogens (primary N) is 1. The lowest BCUT2D eigenvalue weighted by molar-refractivity contribution is -0.149. The van der Waals surface area contributed by atoms with Crippen molar-refractivity contribution in [3.8, 4) is 17.2 Å². The molecule has 4 aromatic rings. The number of alkyl halides is 2. The van der Waals surface area contributed by atoms with Gasteiger partial charge in [0.05, 0.1) is 11.0 Å². The Kier molecular flexibility index (Phi) is 8.86. The SMILES string of the molecule is NC1CC2CCC(C1)N2C(=O)[C@@H](NS(=O)(=O)c1ccc2cc(OC3CCCC3)ccc2c1)C(F)(F)c1cccc(Oc2ccccc2)c1. The molecule has 2 saturated heterocycles. The molecule has 0 radical (unpaired) electrons. The third-order valence-electron chi connectivity index (χ3n) is 9.80. The molecule has 3 aliphatic rings. The van der Waals surface area contributed by atoms with Crippen LogP contribution in [0.4, 0.5) is 8.78 Å². The Hall–Kier alpha value is -4.06. The number of fused-ring (bicyclic) bond motifs is 3. The number of nitrogens with zero attached hydrogens (tertiary/aromatic N) is 1. The third-order valence-corrected chi connectivity index (χ3v) is 11.2. The molecule has 4 aromatic carbocycles. The molecule has 1 saturated carbocycles. The molecule has 2 unspecified atom stereocenters. The number of benzene rings is 4. The number of para-hydroxylation sites is 1. The number of carbonyl (C=O) groups is 1. The van der Waals surface area contributed by atoms with Crippen molar-refractivity contribution in [3.63, 3.8) is 0 Å². The minimum absolute atomic E-state index is 0.127. The van der Waals surface area contributed by atoms with Crippen molar-refractivity contribution in [2.45, 2.75) is 92.5 Å². The first-order valence-corrected chi connectivity index (χ1v) is 18.1. The summed E-state index contributed by atoms with van der Waals surface area (Å²) in [6, 6.07) is 20.5. The summed E-state index contributed by atoms with van der Waals surface area (Å²) in [7, 11) is -4.60. The van der Waals surface area contributed by atoms with Gasteiger partial charge >= 0.3 is 0 Å². The molecule has 48 heavy (non-hydrogen) atoms. The molecule has 11 heteroatoms. The van der Waals surface area contributed by atoms with Gasteiger partial charge in [0.1, 0.15) is 17.2 Å². The van der Waals surface area contributed by atoms with Crippen molar-refractivity contribution in [1.82, 2.24) is 9.62 Å². The highest BCUT2D eigenvalue weighted by Crippen LogP contribution is 2.41. The van der Waals surface area contributed by atoms with E-state index < -0.39 is 33.5 Å². The van der Waals surface area contributed by atoms with Gasteiger partial charge in [-0.25, -0.2) is 8.42 Å². The molecule has 0 spiro atoms. The molecule has 2 bridgehead atoms. The van der Waals surface area contributed by atoms with Crippen molar-refractivity contribution < 1.29 is 31.5 Å². The Morgan fingerprint density at radius 1 is 0.812 bits per heavy atom. The standard InChI is InChI=1S/C37H39F2N3O5S/c38-37(39,26-7-6-12-32(21-26)46-30-8-2-1-3-9-30)35(36(43)42-28-15-16-29(42)23-27(40)22-28)41-48(44,45)34-18-14-24-19-33(17-13-25(24)20-34)47-31-10-4-5-11-31/h1-3,6-9,12-14,17-21,27-29,31,35,41H,4-5,10-11,15-16,22-23,40H2/t27?,28?,29?,35-/m1/s1. The second kappa shape index (κ2) is 13.1. The Labute approximate surface area is 279 Å². The van der Waals surface area contributed by atoms with Crippen LogP contribution in [0.5, 0.6) is 17.2 Å². The molecule has 1 amide bonds. The van der Waals surface area contributed by atoms with Crippen LogP contribution in [0.2, 0.25) is 0 Å². The van der Waals surface area contributed by atoms with Gasteiger partial charge in [0.2, 0.25) is 15.9 Å². The number of piperidine rings is 1. The zero-order valence-corrected chi connectivity index (χ0v) is 27.3. The largest absolute Gasteiger partial charge is 0.490 e. The van der Waals surface area contributed by atoms with Crippen molar-refractivity contribution in [2.75, 3.05) is 0 Å². The molecule has 7 rings (SSSR count). The monoisotopic (exact) mass is 675 g/mol. The Bertz CT molecular complexity index is 1890. The first kappa shape index (κ1) is 32.5. The van der Waals surface area contributed by atoms with E-state index in [4.69, 9.17) is 15.2 Å². The van der Waals surface area contributed by atoms with E-state index in [1.165, 1.54) is 35.2 Å². The third kappa shape index (κ3) is 6.63. The summed E-state index contributed by atoms with van der Waals surface area (Å²) in [6.07, 6.45) is 6.65. The van der Waals surface area contributed by atoms with Gasteiger partial charge in [-0.3, -0.25) is 4.79 Å². The number of halogens is 2. The summed E-state index contributed by atoms with van der Waals surface area (Å²) >= 11 is 0. The number of nitrogens with one attached hydrogen (secondary N) is 1. The van der Waals surface area contributed by atoms with E-state index in [9.17, 15) is 13.2 Å². The first-order valence-electron chi connectivity index (χ1n) is 16.6. The molecule has 2 aliphatic heterocycles. The number of sulfonamides is 1. The fraction of sp³-hybridized carbons (Fsp3) is 0.378. The first-order chi connectivity index (χ1) is 23.1. The molecule has 3 fully saturated rings. The predicted molar refractivity (Wildman–Crippen MR) is 179 cm³/mol. The van der Waals surface area contributed by atoms with E-state index in [0.717, 1.165) is 37.1 Å². The summed E-state index contributed by atoms with van der Waals surface area (Å²) < 4.78 is 75.3. The zero-order valence-electron chi connectivity index (χ0n) is 26.4. The van der Waals surface area contributed by atoms with Gasteiger partial charge in [0.15, 0.2) is 6.04 Å². The van der Waals surface area contributed by atoms with Gasteiger partial charge in [-0.05, 0) is 111 Å². The normalized spacial score (nSPS) is 22.1. The summed E-state index contributed by atoms with van der Waals surface area (Å²) in [5, 5.41) is 1.35. The molecular formula is C37H39F2N3O5S. The maximum Gasteiger partial charge on any atom is 0.298 e. The van der Waals surface area contributed by atoms with Gasteiger partial charge in [0.25, 0.3) is 5.92 Å². The maximum absolute atomic E-state index is 16.7. The highest BCUT2D eigenvalue weighted by molar-refractivity contribution is 7.89. The van der Waals surface area contributed by atoms with Crippen LogP contribution in [0.15, 0.2) is 95.9 Å². The van der Waals surface area contributed by atoms with Crippen LogP contribution in [0.1, 0.15) is 56.9 Å². The smallest absolute Gasteiger partial charge is 0.298 e. The number of rotatable bonds is 10. The summed E-state index contributed by atoms with van der Waals surface area (Å²) in [5.41, 5.74) is 5.65. The summed E-state index contributed by atoms with van der Waals surface area (Å²) in [6.45, 7) is 0. The van der Waals surface area contributed by atoms with Crippen LogP contribution >= 0.6 is 0 Å². The average molecular weight is 676 g/mol. The topological polar surface area (TPSA) is 111 Å². The molecule has 1 aliphatic carbocycles. The fourth-order valence-corrected chi connectivity index (χ4v) is 8.65. The summed E-state index contributed by atoms with van der Waals surface area (Å²) in [4.78, 5) is 15.4. The van der Waals surface area contributed by atoms with Crippen LogP contribution in [-0.4, -0.2) is 49.5 Å². The van der Waals surface area contributed by atoms with Crippen LogP contribution in [0.3, 0.4) is 0 Å². The number of carbonyl (C=O) groups excluding carboxylic acids is 1. The van der Waals surface area contributed by atoms with E-state index in [1.54, 1.807) is 48.5 Å². The highest BCUT2D eigenvalue weighted by Gasteiger charge is 2.53. The fourth-order valence-electron chi connectivity index (χ4n) is 7.43. The zero-order chi connectivity index (χ0) is 33.5. The van der Waals surface area contributed by atoms with Crippen LogP contribution in [-0.2, 0) is 20.7 Å². The van der Waals surface area contributed by atoms with E-state index >= 15 is 8.78 Å². The Morgan fingerprint density at radius 2 is 1.48 bits per heavy atom. The lowest BCUT2D eigenvalue weighted by Crippen LogP contribution is -2.60. The van der Waals surface area contributed by atoms with Crippen molar-refractivity contribution >= 4 is 26.7 Å². The van der Waals surface area contributed by atoms with Gasteiger partial charge < -0.3 is 20.1 Å². The van der Waals surface area contributed by atoms with Crippen molar-refractivity contribution in [3.05, 3.63) is 96.6 Å². The number of hydrogen-bond acceptors (Lipinski definition) is 6. The minimum Gasteiger partial charge on any atom is -0.490 e. The minimum atomic E-state index is -4.60. The predicted octanol–water partition coefficient (Wildman–Crippen LogP) is 6.87. The van der Waals surface area contributed by atoms with Crippen molar-refractivity contribution in [2.24, 2.45) is 5.73 Å². The molecule has 2 heterocycles. The van der Waals surface area contributed by atoms with Crippen molar-refractivity contribution in [1.29, 1.82) is 0 Å². The van der Waals surface area contributed by atoms with E-state index in [0.29, 0.717) is 42.6 Å². The second-order valence-electron chi connectivity index (χ2n) is 13.2. The van der Waals surface area contributed by atoms with Crippen LogP contribution in [0, 0.1) is 0 Å². The van der Waals surface area contributed by atoms with E-state index in [2.05, 4.69) is 4.72 Å². The number of ether oxygens (including phenoxy) is 2. The van der Waals surface area contributed by atoms with Gasteiger partial charge in [0, 0.05) is 23.7 Å². The lowest BCUT2D eigenvalue weighted by Gasteiger charge is -2.41. The lowest BCUT2D eigenvalue weighted by atomic mass is 9.94. The van der Waals surface area contributed by atoms with Gasteiger partial charge in [-0.15, -0.1) is 0 Å². The van der Waals surface area contributed by atoms with E-state index in [1.807, 2.05) is 6.07 Å². The molecule has 8 nitrogen and oxygen atoms in total. The number of hydrogen-bond donors (Lipinski definition) is 2. The maximum atomic E-state index is 16.7. The molecule has 0 aromatic heterocycles. The second-order valence-corrected chi connectivity index (χ2v) is 14.9. The molecular weight excluding hydrogens is 636 g/mol. The van der Waals surface area contributed by atoms with Gasteiger partial charge in [-0.2, -0.15) is 13.5 Å². The Balaban J connectivity index is 1.20. The summed E-state index contributed by atoms with van der Waals surface area (Å²) in [5.74, 6) is -3.64. The van der Waals surface area contributed by atoms with Crippen LogP contribution < -0.4 is 19.9 Å². The quantitative estimate of drug-likeness (QED) is 0.190. The number of amides is 1. The van der Waals surface area contributed by atoms with Crippen LogP contribution in [0.25, 0.3) is 10.8 Å². The molecule has 3 atom stereocenters. The molecule has 3 N–H and O–H groups in total. The van der Waals surface area contributed by atoms with E-state index in [-0.39, 0.29) is 34.9 Å².